The number of anilines is 1. The molecular weight excluding hydrogens is 468 g/mol. The minimum atomic E-state index is -0.431. The third-order valence-electron chi connectivity index (χ3n) is 4.35. The predicted octanol–water partition coefficient (Wildman–Crippen LogP) is 3.43. The molecule has 0 aromatic heterocycles. The maximum Gasteiger partial charge on any atom is 0.257 e. The topological polar surface area (TPSA) is 99.3 Å². The van der Waals surface area contributed by atoms with Crippen molar-refractivity contribution in [2.75, 3.05) is 5.32 Å². The van der Waals surface area contributed by atoms with Crippen LogP contribution in [-0.4, -0.2) is 22.8 Å². The van der Waals surface area contributed by atoms with E-state index in [9.17, 15) is 14.4 Å². The maximum atomic E-state index is 12.2. The molecule has 9 heteroatoms. The van der Waals surface area contributed by atoms with E-state index >= 15 is 0 Å². The molecule has 0 aliphatic heterocycles. The number of aryl methyl sites for hydroxylation is 3. The van der Waals surface area contributed by atoms with Crippen LogP contribution in [0.15, 0.2) is 40.9 Å². The van der Waals surface area contributed by atoms with E-state index in [1.54, 1.807) is 18.2 Å². The van der Waals surface area contributed by atoms with Crippen LogP contribution < -0.4 is 21.5 Å². The zero-order chi connectivity index (χ0) is 22.3. The fourth-order valence-corrected chi connectivity index (χ4v) is 2.92. The highest BCUT2D eigenvalue weighted by Crippen LogP contribution is 2.17. The number of thiocarbonyl (C=S) groups is 1. The number of carbonyl (C=O) groups excluding carboxylic acids is 3. The zero-order valence-corrected chi connectivity index (χ0v) is 19.3. The highest BCUT2D eigenvalue weighted by molar-refractivity contribution is 9.10. The molecule has 0 unspecified atom stereocenters. The van der Waals surface area contributed by atoms with Crippen molar-refractivity contribution in [2.45, 2.75) is 33.6 Å². The average molecular weight is 491 g/mol. The largest absolute Gasteiger partial charge is 0.326 e. The summed E-state index contributed by atoms with van der Waals surface area (Å²) >= 11 is 8.37. The SMILES string of the molecule is Cc1ccc(NC(=O)CCC(=O)NNC(=S)NC(=O)c2ccc(C)c(Br)c2)cc1C. The van der Waals surface area contributed by atoms with Crippen molar-refractivity contribution in [1.29, 1.82) is 0 Å². The highest BCUT2D eigenvalue weighted by atomic mass is 79.9. The molecule has 0 saturated heterocycles. The predicted molar refractivity (Wildman–Crippen MR) is 124 cm³/mol. The molecule has 30 heavy (non-hydrogen) atoms. The van der Waals surface area contributed by atoms with Gasteiger partial charge in [0.1, 0.15) is 0 Å². The van der Waals surface area contributed by atoms with E-state index in [-0.39, 0.29) is 23.9 Å². The second kappa shape index (κ2) is 10.8. The molecule has 0 saturated carbocycles. The van der Waals surface area contributed by atoms with E-state index in [0.717, 1.165) is 21.2 Å². The van der Waals surface area contributed by atoms with Crippen LogP contribution in [0.25, 0.3) is 0 Å². The molecular formula is C21H23BrN4O3S. The van der Waals surface area contributed by atoms with Crippen LogP contribution in [-0.2, 0) is 9.59 Å². The molecule has 0 aliphatic carbocycles. The van der Waals surface area contributed by atoms with Crippen molar-refractivity contribution in [1.82, 2.24) is 16.2 Å². The van der Waals surface area contributed by atoms with Gasteiger partial charge in [0.05, 0.1) is 0 Å². The van der Waals surface area contributed by atoms with E-state index in [2.05, 4.69) is 37.4 Å². The lowest BCUT2D eigenvalue weighted by Gasteiger charge is -2.11. The van der Waals surface area contributed by atoms with Gasteiger partial charge in [0, 0.05) is 28.6 Å². The summed E-state index contributed by atoms with van der Waals surface area (Å²) in [6.45, 7) is 5.86. The van der Waals surface area contributed by atoms with Gasteiger partial charge in [-0.25, -0.2) is 0 Å². The van der Waals surface area contributed by atoms with Gasteiger partial charge in [-0.2, -0.15) is 0 Å². The van der Waals surface area contributed by atoms with Gasteiger partial charge >= 0.3 is 0 Å². The van der Waals surface area contributed by atoms with Crippen LogP contribution in [0.4, 0.5) is 5.69 Å². The lowest BCUT2D eigenvalue weighted by Crippen LogP contribution is -2.48. The summed E-state index contributed by atoms with van der Waals surface area (Å²) in [6.07, 6.45) is -0.0257. The first-order valence-electron chi connectivity index (χ1n) is 9.19. The van der Waals surface area contributed by atoms with Crippen LogP contribution in [0, 0.1) is 20.8 Å². The number of hydrogen-bond acceptors (Lipinski definition) is 4. The molecule has 2 aromatic carbocycles. The normalized spacial score (nSPS) is 10.1. The zero-order valence-electron chi connectivity index (χ0n) is 16.9. The van der Waals surface area contributed by atoms with Crippen molar-refractivity contribution >= 4 is 56.7 Å². The Kier molecular flexibility index (Phi) is 8.49. The Bertz CT molecular complexity index is 994. The van der Waals surface area contributed by atoms with Crippen LogP contribution in [0.1, 0.15) is 39.9 Å². The second-order valence-corrected chi connectivity index (χ2v) is 8.03. The second-order valence-electron chi connectivity index (χ2n) is 6.77. The van der Waals surface area contributed by atoms with Crippen LogP contribution in [0.3, 0.4) is 0 Å². The van der Waals surface area contributed by atoms with Gasteiger partial charge in [0.2, 0.25) is 11.8 Å². The Morgan fingerprint density at radius 1 is 0.867 bits per heavy atom. The third kappa shape index (κ3) is 7.23. The number of amides is 3. The minimum absolute atomic E-state index is 0.0109. The molecule has 7 nitrogen and oxygen atoms in total. The quantitative estimate of drug-likeness (QED) is 0.380. The number of nitrogens with one attached hydrogen (secondary N) is 4. The molecule has 4 N–H and O–H groups in total. The molecule has 0 bridgehead atoms. The molecule has 2 aromatic rings. The van der Waals surface area contributed by atoms with Crippen molar-refractivity contribution in [3.05, 3.63) is 63.1 Å². The highest BCUT2D eigenvalue weighted by Gasteiger charge is 2.11. The summed E-state index contributed by atoms with van der Waals surface area (Å²) in [4.78, 5) is 36.1. The first-order chi connectivity index (χ1) is 14.2. The minimum Gasteiger partial charge on any atom is -0.326 e. The fraction of sp³-hybridized carbons (Fsp3) is 0.238. The Balaban J connectivity index is 1.72. The third-order valence-corrected chi connectivity index (χ3v) is 5.40. The first kappa shape index (κ1) is 23.5. The van der Waals surface area contributed by atoms with Crippen molar-refractivity contribution in [3.63, 3.8) is 0 Å². The van der Waals surface area contributed by atoms with Crippen molar-refractivity contribution < 1.29 is 14.4 Å². The number of halogens is 1. The van der Waals surface area contributed by atoms with Crippen molar-refractivity contribution in [3.8, 4) is 0 Å². The van der Waals surface area contributed by atoms with Crippen LogP contribution >= 0.6 is 28.1 Å². The molecule has 2 rings (SSSR count). The number of benzene rings is 2. The number of hydrogen-bond donors (Lipinski definition) is 4. The lowest BCUT2D eigenvalue weighted by molar-refractivity contribution is -0.124. The van der Waals surface area contributed by atoms with Gasteiger partial charge in [-0.05, 0) is 73.9 Å². The van der Waals surface area contributed by atoms with Gasteiger partial charge in [0.15, 0.2) is 5.11 Å². The van der Waals surface area contributed by atoms with Crippen molar-refractivity contribution in [2.24, 2.45) is 0 Å². The summed E-state index contributed by atoms with van der Waals surface area (Å²) in [5.74, 6) is -1.11. The van der Waals surface area contributed by atoms with Crippen LogP contribution in [0.2, 0.25) is 0 Å². The standard InChI is InChI=1S/C21H23BrN4O3S/c1-12-5-7-16(10-14(12)3)23-18(27)8-9-19(28)25-26-21(30)24-20(29)15-6-4-13(2)17(22)11-15/h4-7,10-11H,8-9H2,1-3H3,(H,23,27)(H,25,28)(H2,24,26,29,30). The molecule has 0 radical (unpaired) electrons. The van der Waals surface area contributed by atoms with Gasteiger partial charge < -0.3 is 5.32 Å². The fourth-order valence-electron chi connectivity index (χ4n) is 2.40. The van der Waals surface area contributed by atoms with Gasteiger partial charge in [-0.1, -0.05) is 28.1 Å². The van der Waals surface area contributed by atoms with E-state index < -0.39 is 11.8 Å². The summed E-state index contributed by atoms with van der Waals surface area (Å²) in [5, 5.41) is 5.18. The smallest absolute Gasteiger partial charge is 0.257 e. The molecule has 0 heterocycles. The average Bonchev–Trinajstić information content (AvgIpc) is 2.69. The van der Waals surface area contributed by atoms with E-state index in [0.29, 0.717) is 11.3 Å². The number of carbonyl (C=O) groups is 3. The van der Waals surface area contributed by atoms with E-state index in [1.807, 2.05) is 39.0 Å². The number of rotatable bonds is 5. The maximum absolute atomic E-state index is 12.2. The van der Waals surface area contributed by atoms with E-state index in [1.165, 1.54) is 0 Å². The summed E-state index contributed by atoms with van der Waals surface area (Å²) in [6, 6.07) is 10.8. The Morgan fingerprint density at radius 2 is 1.53 bits per heavy atom. The van der Waals surface area contributed by atoms with Gasteiger partial charge in [-0.15, -0.1) is 0 Å². The lowest BCUT2D eigenvalue weighted by atomic mass is 10.1. The van der Waals surface area contributed by atoms with Gasteiger partial charge in [0.25, 0.3) is 5.91 Å². The first-order valence-corrected chi connectivity index (χ1v) is 10.4. The number of hydrazine groups is 1. The Morgan fingerprint density at radius 3 is 2.20 bits per heavy atom. The molecule has 158 valence electrons. The Labute approximate surface area is 189 Å². The Hall–Kier alpha value is -2.78. The summed E-state index contributed by atoms with van der Waals surface area (Å²) < 4.78 is 0.807. The van der Waals surface area contributed by atoms with E-state index in [4.69, 9.17) is 12.2 Å². The molecule has 3 amide bonds. The molecule has 0 spiro atoms. The van der Waals surface area contributed by atoms with Crippen LogP contribution in [0.5, 0.6) is 0 Å². The molecule has 0 atom stereocenters. The summed E-state index contributed by atoms with van der Waals surface area (Å²) in [5.41, 5.74) is 9.13. The van der Waals surface area contributed by atoms with Gasteiger partial charge in [-0.3, -0.25) is 30.6 Å². The summed E-state index contributed by atoms with van der Waals surface area (Å²) in [7, 11) is 0. The monoisotopic (exact) mass is 490 g/mol. The molecule has 0 fully saturated rings. The molecule has 0 aliphatic rings.